The number of para-hydroxylation sites is 1. The molecule has 0 amide bonds. The Bertz CT molecular complexity index is 742. The topological polar surface area (TPSA) is 61.8 Å². The summed E-state index contributed by atoms with van der Waals surface area (Å²) in [5.41, 5.74) is 0.846. The van der Waals surface area contributed by atoms with Gasteiger partial charge < -0.3 is 14.2 Å². The minimum absolute atomic E-state index is 0.173. The molecule has 0 unspecified atom stereocenters. The van der Waals surface area contributed by atoms with Gasteiger partial charge in [-0.15, -0.1) is 0 Å². The van der Waals surface area contributed by atoms with Gasteiger partial charge in [-0.25, -0.2) is 0 Å². The normalized spacial score (nSPS) is 10.4. The van der Waals surface area contributed by atoms with Crippen molar-refractivity contribution in [2.45, 2.75) is 58.5 Å². The molecule has 0 saturated heterocycles. The summed E-state index contributed by atoms with van der Waals surface area (Å²) in [6.45, 7) is 2.78. The smallest absolute Gasteiger partial charge is 0.306 e. The molecular formula is C24H30O5. The Balaban J connectivity index is 1.62. The molecule has 0 saturated carbocycles. The molecule has 0 aliphatic rings. The van der Waals surface area contributed by atoms with Gasteiger partial charge in [0.1, 0.15) is 18.1 Å². The summed E-state index contributed by atoms with van der Waals surface area (Å²) in [5.74, 6) is 0.862. The summed E-state index contributed by atoms with van der Waals surface area (Å²) in [6.07, 6.45) is 5.16. The molecule has 29 heavy (non-hydrogen) atoms. The van der Waals surface area contributed by atoms with E-state index in [0.29, 0.717) is 18.8 Å². The van der Waals surface area contributed by atoms with Gasteiger partial charge in [0.25, 0.3) is 0 Å². The van der Waals surface area contributed by atoms with Crippen LogP contribution in [0.15, 0.2) is 54.6 Å². The van der Waals surface area contributed by atoms with Crippen molar-refractivity contribution >= 4 is 11.9 Å². The average Bonchev–Trinajstić information content (AvgIpc) is 2.73. The zero-order valence-corrected chi connectivity index (χ0v) is 17.1. The fourth-order valence-corrected chi connectivity index (χ4v) is 2.72. The van der Waals surface area contributed by atoms with Crippen LogP contribution in [0.1, 0.15) is 57.4 Å². The molecule has 5 heteroatoms. The Labute approximate surface area is 173 Å². The predicted molar refractivity (Wildman–Crippen MR) is 112 cm³/mol. The number of benzene rings is 2. The Morgan fingerprint density at radius 3 is 2.24 bits per heavy atom. The maximum absolute atomic E-state index is 11.9. The van der Waals surface area contributed by atoms with Crippen molar-refractivity contribution in [3.05, 3.63) is 60.2 Å². The third-order valence-electron chi connectivity index (χ3n) is 4.30. The summed E-state index contributed by atoms with van der Waals surface area (Å²) < 4.78 is 16.2. The minimum Gasteiger partial charge on any atom is -0.466 e. The predicted octanol–water partition coefficient (Wildman–Crippen LogP) is 5.82. The van der Waals surface area contributed by atoms with Crippen LogP contribution >= 0.6 is 0 Å². The van der Waals surface area contributed by atoms with E-state index in [-0.39, 0.29) is 31.4 Å². The molecule has 2 aromatic rings. The van der Waals surface area contributed by atoms with Gasteiger partial charge in [0.05, 0.1) is 6.61 Å². The molecule has 0 aliphatic carbocycles. The number of carbonyl (C=O) groups is 2. The molecule has 156 valence electrons. The van der Waals surface area contributed by atoms with Crippen LogP contribution in [0.4, 0.5) is 0 Å². The van der Waals surface area contributed by atoms with E-state index in [1.807, 2.05) is 54.6 Å². The largest absolute Gasteiger partial charge is 0.466 e. The van der Waals surface area contributed by atoms with Gasteiger partial charge in [0.15, 0.2) is 0 Å². The first-order valence-corrected chi connectivity index (χ1v) is 10.3. The van der Waals surface area contributed by atoms with Gasteiger partial charge in [0, 0.05) is 12.8 Å². The highest BCUT2D eigenvalue weighted by molar-refractivity contribution is 5.72. The number of rotatable bonds is 13. The number of hydrogen-bond donors (Lipinski definition) is 0. The summed E-state index contributed by atoms with van der Waals surface area (Å²) in [5, 5.41) is 0. The minimum atomic E-state index is -0.324. The lowest BCUT2D eigenvalue weighted by atomic mass is 10.2. The van der Waals surface area contributed by atoms with Gasteiger partial charge in [-0.3, -0.25) is 9.59 Å². The second-order valence-electron chi connectivity index (χ2n) is 6.86. The quantitative estimate of drug-likeness (QED) is 0.314. The van der Waals surface area contributed by atoms with Crippen molar-refractivity contribution in [2.24, 2.45) is 0 Å². The molecule has 0 aromatic heterocycles. The molecule has 2 aromatic carbocycles. The Kier molecular flexibility index (Phi) is 10.4. The lowest BCUT2D eigenvalue weighted by Gasteiger charge is -2.09. The van der Waals surface area contributed by atoms with Gasteiger partial charge in [-0.05, 0) is 42.7 Å². The average molecular weight is 398 g/mol. The first kappa shape index (κ1) is 22.5. The third-order valence-corrected chi connectivity index (χ3v) is 4.30. The number of unbranched alkanes of at least 4 members (excludes halogenated alkanes) is 3. The Morgan fingerprint density at radius 2 is 1.48 bits per heavy atom. The van der Waals surface area contributed by atoms with Crippen molar-refractivity contribution in [1.29, 1.82) is 0 Å². The highest BCUT2D eigenvalue weighted by Gasteiger charge is 2.08. The zero-order valence-electron chi connectivity index (χ0n) is 17.1. The molecule has 0 spiro atoms. The van der Waals surface area contributed by atoms with E-state index < -0.39 is 0 Å². The highest BCUT2D eigenvalue weighted by Crippen LogP contribution is 2.22. The van der Waals surface area contributed by atoms with Gasteiger partial charge >= 0.3 is 11.9 Å². The molecule has 0 bridgehead atoms. The Hall–Kier alpha value is -2.82. The van der Waals surface area contributed by atoms with E-state index in [4.69, 9.17) is 14.2 Å². The summed E-state index contributed by atoms with van der Waals surface area (Å²) in [7, 11) is 0. The number of carbonyl (C=O) groups excluding carboxylic acids is 2. The number of esters is 2. The lowest BCUT2D eigenvalue weighted by molar-refractivity contribution is -0.146. The second-order valence-corrected chi connectivity index (χ2v) is 6.86. The van der Waals surface area contributed by atoms with Crippen LogP contribution in [0, 0.1) is 0 Å². The van der Waals surface area contributed by atoms with E-state index in [1.54, 1.807) is 0 Å². The van der Waals surface area contributed by atoms with E-state index in [0.717, 1.165) is 37.0 Å². The number of hydrogen-bond acceptors (Lipinski definition) is 5. The van der Waals surface area contributed by atoms with E-state index in [9.17, 15) is 9.59 Å². The summed E-state index contributed by atoms with van der Waals surface area (Å²) in [4.78, 5) is 23.5. The second kappa shape index (κ2) is 13.4. The number of ether oxygens (including phenoxy) is 3. The third kappa shape index (κ3) is 9.79. The first-order valence-electron chi connectivity index (χ1n) is 10.3. The van der Waals surface area contributed by atoms with Gasteiger partial charge in [-0.1, -0.05) is 56.5 Å². The molecule has 0 heterocycles. The zero-order chi connectivity index (χ0) is 20.7. The highest BCUT2D eigenvalue weighted by atomic mass is 16.5. The summed E-state index contributed by atoms with van der Waals surface area (Å²) in [6, 6.07) is 16.9. The fraction of sp³-hybridized carbons (Fsp3) is 0.417. The van der Waals surface area contributed by atoms with Crippen LogP contribution in [0.5, 0.6) is 11.5 Å². The van der Waals surface area contributed by atoms with E-state index in [2.05, 4.69) is 6.92 Å². The summed E-state index contributed by atoms with van der Waals surface area (Å²) >= 11 is 0. The van der Waals surface area contributed by atoms with Crippen molar-refractivity contribution in [3.8, 4) is 11.5 Å². The molecular weight excluding hydrogens is 368 g/mol. The first-order chi connectivity index (χ1) is 14.2. The monoisotopic (exact) mass is 398 g/mol. The van der Waals surface area contributed by atoms with Crippen LogP contribution in [-0.4, -0.2) is 18.5 Å². The van der Waals surface area contributed by atoms with Gasteiger partial charge in [0.2, 0.25) is 0 Å². The molecule has 0 radical (unpaired) electrons. The van der Waals surface area contributed by atoms with E-state index >= 15 is 0 Å². The van der Waals surface area contributed by atoms with Crippen LogP contribution in [-0.2, 0) is 25.7 Å². The Morgan fingerprint density at radius 1 is 0.759 bits per heavy atom. The molecule has 0 aliphatic heterocycles. The standard InChI is InChI=1S/C24H30O5/c1-2-3-4-8-17-27-23(25)15-10-16-24(26)28-19-20-11-9-14-22(18-20)29-21-12-6-5-7-13-21/h5-7,9,11-14,18H,2-4,8,10,15-17,19H2,1H3. The maximum Gasteiger partial charge on any atom is 0.306 e. The van der Waals surface area contributed by atoms with Crippen LogP contribution < -0.4 is 4.74 Å². The fourth-order valence-electron chi connectivity index (χ4n) is 2.72. The lowest BCUT2D eigenvalue weighted by Crippen LogP contribution is -2.09. The van der Waals surface area contributed by atoms with Crippen molar-refractivity contribution in [3.63, 3.8) is 0 Å². The molecule has 0 N–H and O–H groups in total. The van der Waals surface area contributed by atoms with Crippen molar-refractivity contribution in [1.82, 2.24) is 0 Å². The van der Waals surface area contributed by atoms with E-state index in [1.165, 1.54) is 0 Å². The molecule has 5 nitrogen and oxygen atoms in total. The SMILES string of the molecule is CCCCCCOC(=O)CCCC(=O)OCc1cccc(Oc2ccccc2)c1. The maximum atomic E-state index is 11.9. The van der Waals surface area contributed by atoms with Gasteiger partial charge in [-0.2, -0.15) is 0 Å². The molecule has 0 fully saturated rings. The van der Waals surface area contributed by atoms with Crippen LogP contribution in [0.25, 0.3) is 0 Å². The van der Waals surface area contributed by atoms with Crippen LogP contribution in [0.2, 0.25) is 0 Å². The molecule has 2 rings (SSSR count). The molecule has 0 atom stereocenters. The van der Waals surface area contributed by atoms with Crippen LogP contribution in [0.3, 0.4) is 0 Å². The van der Waals surface area contributed by atoms with Crippen molar-refractivity contribution in [2.75, 3.05) is 6.61 Å². The van der Waals surface area contributed by atoms with Crippen molar-refractivity contribution < 1.29 is 23.8 Å².